The first kappa shape index (κ1) is 31.8. The molecule has 13 heteroatoms. The third-order valence-corrected chi connectivity index (χ3v) is 6.07. The number of aliphatic hydroxyl groups excluding tert-OH is 1. The molecular formula is C29H33N5O8. The number of carbonyl (C=O) groups is 4. The number of nitrogens with one attached hydrogen (secondary N) is 1. The van der Waals surface area contributed by atoms with Gasteiger partial charge in [-0.25, -0.2) is 9.97 Å². The Morgan fingerprint density at radius 2 is 1.36 bits per heavy atom. The summed E-state index contributed by atoms with van der Waals surface area (Å²) in [5, 5.41) is 11.7. The number of ether oxygens (including phenoxy) is 3. The van der Waals surface area contributed by atoms with Crippen molar-refractivity contribution in [3.05, 3.63) is 83.2 Å². The molecule has 1 amide bonds. The summed E-state index contributed by atoms with van der Waals surface area (Å²) in [6.07, 6.45) is -0.364. The van der Waals surface area contributed by atoms with Crippen molar-refractivity contribution in [3.63, 3.8) is 0 Å². The van der Waals surface area contributed by atoms with Crippen LogP contribution in [-0.4, -0.2) is 71.5 Å². The highest BCUT2D eigenvalue weighted by Gasteiger charge is 2.28. The predicted molar refractivity (Wildman–Crippen MR) is 151 cm³/mol. The van der Waals surface area contributed by atoms with Gasteiger partial charge in [0.1, 0.15) is 12.6 Å². The van der Waals surface area contributed by atoms with Gasteiger partial charge in [-0.2, -0.15) is 0 Å². The van der Waals surface area contributed by atoms with E-state index in [4.69, 9.17) is 25.7 Å². The zero-order valence-electron chi connectivity index (χ0n) is 23.0. The highest BCUT2D eigenvalue weighted by molar-refractivity contribution is 6.03. The lowest BCUT2D eigenvalue weighted by atomic mass is 10.0. The maximum absolute atomic E-state index is 13.0. The van der Waals surface area contributed by atoms with Gasteiger partial charge >= 0.3 is 5.97 Å². The van der Waals surface area contributed by atoms with E-state index in [1.165, 1.54) is 7.11 Å². The van der Waals surface area contributed by atoms with Crippen molar-refractivity contribution >= 4 is 35.1 Å². The number of esters is 1. The molecule has 2 aromatic carbocycles. The van der Waals surface area contributed by atoms with Crippen molar-refractivity contribution in [2.45, 2.75) is 25.7 Å². The van der Waals surface area contributed by atoms with Gasteiger partial charge in [0.2, 0.25) is 0 Å². The minimum absolute atomic E-state index is 0.108. The summed E-state index contributed by atoms with van der Waals surface area (Å²) in [4.78, 5) is 58.3. The molecule has 0 unspecified atom stereocenters. The first-order chi connectivity index (χ1) is 20.2. The molecule has 2 atom stereocenters. The maximum Gasteiger partial charge on any atom is 0.311 e. The molecule has 3 rings (SSSR count). The smallest absolute Gasteiger partial charge is 0.311 e. The number of aliphatic hydroxyl groups is 1. The molecule has 0 bridgehead atoms. The van der Waals surface area contributed by atoms with Gasteiger partial charge in [0.15, 0.2) is 34.6 Å². The number of hydrogen-bond acceptors (Lipinski definition) is 12. The molecule has 222 valence electrons. The number of ketones is 2. The zero-order valence-corrected chi connectivity index (χ0v) is 23.0. The van der Waals surface area contributed by atoms with Gasteiger partial charge in [-0.05, 0) is 11.1 Å². The van der Waals surface area contributed by atoms with Crippen molar-refractivity contribution in [1.82, 2.24) is 15.3 Å². The number of rotatable bonds is 16. The molecule has 0 aliphatic rings. The van der Waals surface area contributed by atoms with Crippen molar-refractivity contribution in [2.75, 3.05) is 38.4 Å². The molecule has 1 aromatic heterocycles. The summed E-state index contributed by atoms with van der Waals surface area (Å²) >= 11 is 0. The number of methoxy groups -OCH3 is 1. The lowest BCUT2D eigenvalue weighted by Gasteiger charge is -2.18. The minimum Gasteiger partial charge on any atom is -0.469 e. The van der Waals surface area contributed by atoms with Crippen LogP contribution in [0.5, 0.6) is 0 Å². The van der Waals surface area contributed by atoms with Crippen LogP contribution in [0.15, 0.2) is 60.7 Å². The Labute approximate surface area is 242 Å². The number of nitrogens with two attached hydrogens (primary N) is 2. The molecule has 0 aliphatic heterocycles. The van der Waals surface area contributed by atoms with Crippen molar-refractivity contribution in [1.29, 1.82) is 0 Å². The molecular weight excluding hydrogens is 546 g/mol. The van der Waals surface area contributed by atoms with Crippen LogP contribution in [0.25, 0.3) is 0 Å². The number of aromatic nitrogens is 2. The third kappa shape index (κ3) is 9.16. The summed E-state index contributed by atoms with van der Waals surface area (Å²) in [6, 6.07) is 17.2. The van der Waals surface area contributed by atoms with Gasteiger partial charge in [-0.3, -0.25) is 19.2 Å². The first-order valence-corrected chi connectivity index (χ1v) is 12.9. The summed E-state index contributed by atoms with van der Waals surface area (Å²) in [5.41, 5.74) is 12.8. The van der Waals surface area contributed by atoms with E-state index in [9.17, 15) is 24.3 Å². The van der Waals surface area contributed by atoms with Crippen LogP contribution in [0, 0.1) is 5.92 Å². The number of amides is 1. The SMILES string of the molecule is COC(=O)[C@H](COCc1ccccc1)CC(=O)c1nc(N)c(C(=O)N[C@@H](COCc2ccccc2)C(=O)CO)nc1N. The molecule has 0 aliphatic carbocycles. The highest BCUT2D eigenvalue weighted by atomic mass is 16.5. The second-order valence-electron chi connectivity index (χ2n) is 9.19. The van der Waals surface area contributed by atoms with E-state index in [0.717, 1.165) is 11.1 Å². The summed E-state index contributed by atoms with van der Waals surface area (Å²) in [5.74, 6) is -4.74. The molecule has 0 radical (unpaired) electrons. The van der Waals surface area contributed by atoms with Crippen LogP contribution in [0.3, 0.4) is 0 Å². The van der Waals surface area contributed by atoms with Crippen molar-refractivity contribution in [3.8, 4) is 0 Å². The van der Waals surface area contributed by atoms with Gasteiger partial charge in [0, 0.05) is 6.42 Å². The first-order valence-electron chi connectivity index (χ1n) is 12.9. The summed E-state index contributed by atoms with van der Waals surface area (Å²) in [7, 11) is 1.19. The van der Waals surface area contributed by atoms with Crippen molar-refractivity contribution < 1.29 is 38.5 Å². The largest absolute Gasteiger partial charge is 0.469 e. The average Bonchev–Trinajstić information content (AvgIpc) is 3.01. The van der Waals surface area contributed by atoms with Gasteiger partial charge < -0.3 is 36.1 Å². The molecule has 0 spiro atoms. The Kier molecular flexibility index (Phi) is 12.0. The number of benzene rings is 2. The minimum atomic E-state index is -1.22. The van der Waals surface area contributed by atoms with E-state index in [-0.39, 0.29) is 38.5 Å². The normalized spacial score (nSPS) is 12.2. The topological polar surface area (TPSA) is 206 Å². The number of nitrogen functional groups attached to an aromatic ring is 2. The summed E-state index contributed by atoms with van der Waals surface area (Å²) < 4.78 is 15.9. The number of anilines is 2. The molecule has 6 N–H and O–H groups in total. The van der Waals surface area contributed by atoms with Crippen LogP contribution in [0.4, 0.5) is 11.6 Å². The Hall–Kier alpha value is -4.72. The average molecular weight is 580 g/mol. The fourth-order valence-corrected chi connectivity index (χ4v) is 3.85. The monoisotopic (exact) mass is 579 g/mol. The van der Waals surface area contributed by atoms with E-state index in [1.54, 1.807) is 0 Å². The second kappa shape index (κ2) is 15.9. The Morgan fingerprint density at radius 3 is 1.90 bits per heavy atom. The molecule has 1 heterocycles. The van der Waals surface area contributed by atoms with E-state index in [0.29, 0.717) is 0 Å². The molecule has 0 saturated carbocycles. The van der Waals surface area contributed by atoms with Gasteiger partial charge in [-0.15, -0.1) is 0 Å². The predicted octanol–water partition coefficient (Wildman–Crippen LogP) is 1.10. The Balaban J connectivity index is 1.66. The fourth-order valence-electron chi connectivity index (χ4n) is 3.85. The Bertz CT molecular complexity index is 1270. The Morgan fingerprint density at radius 1 is 0.833 bits per heavy atom. The number of hydrogen-bond donors (Lipinski definition) is 4. The maximum atomic E-state index is 13.0. The molecule has 0 fully saturated rings. The second-order valence-corrected chi connectivity index (χ2v) is 9.19. The van der Waals surface area contributed by atoms with Gasteiger partial charge in [0.05, 0.1) is 39.5 Å². The number of Topliss-reactive ketones (excluding diaryl/α,β-unsaturated/α-hetero) is 2. The van der Waals surface area contributed by atoms with Crippen LogP contribution < -0.4 is 16.8 Å². The summed E-state index contributed by atoms with van der Waals surface area (Å²) in [6.45, 7) is -0.795. The molecule has 3 aromatic rings. The third-order valence-electron chi connectivity index (χ3n) is 6.07. The zero-order chi connectivity index (χ0) is 30.5. The van der Waals surface area contributed by atoms with Crippen LogP contribution in [0.2, 0.25) is 0 Å². The molecule has 0 saturated heterocycles. The van der Waals surface area contributed by atoms with Crippen molar-refractivity contribution in [2.24, 2.45) is 5.92 Å². The number of nitrogens with zero attached hydrogens (tertiary/aromatic N) is 2. The van der Waals surface area contributed by atoms with Crippen LogP contribution in [0.1, 0.15) is 38.5 Å². The van der Waals surface area contributed by atoms with Gasteiger partial charge in [0.25, 0.3) is 5.91 Å². The quantitative estimate of drug-likeness (QED) is 0.139. The van der Waals surface area contributed by atoms with E-state index in [2.05, 4.69) is 15.3 Å². The molecule has 42 heavy (non-hydrogen) atoms. The van der Waals surface area contributed by atoms with Crippen LogP contribution in [-0.2, 0) is 37.0 Å². The van der Waals surface area contributed by atoms with E-state index < -0.39 is 59.3 Å². The fraction of sp³-hybridized carbons (Fsp3) is 0.310. The van der Waals surface area contributed by atoms with Crippen LogP contribution >= 0.6 is 0 Å². The number of carbonyl (C=O) groups excluding carboxylic acids is 4. The highest BCUT2D eigenvalue weighted by Crippen LogP contribution is 2.19. The lowest BCUT2D eigenvalue weighted by Crippen LogP contribution is -2.45. The van der Waals surface area contributed by atoms with Gasteiger partial charge in [-0.1, -0.05) is 60.7 Å². The van der Waals surface area contributed by atoms with E-state index in [1.807, 2.05) is 60.7 Å². The van der Waals surface area contributed by atoms with E-state index >= 15 is 0 Å². The molecule has 13 nitrogen and oxygen atoms in total. The standard InChI is InChI=1S/C29H33N5O8/c1-40-29(39)20(16-41-14-18-8-4-2-5-9-18)12-22(36)24-26(30)34-25(27(31)33-24)28(38)32-21(23(37)13-35)17-42-15-19-10-6-3-7-11-19/h2-11,20-21,35H,12-17H2,1H3,(H2,30,34)(H2,31,33)(H,32,38)/t20-,21-/m0/s1. The lowest BCUT2D eigenvalue weighted by molar-refractivity contribution is -0.147.